The molecule has 2 aromatic carbocycles. The van der Waals surface area contributed by atoms with Gasteiger partial charge in [0.1, 0.15) is 11.2 Å². The molecule has 1 fully saturated rings. The van der Waals surface area contributed by atoms with E-state index >= 15 is 0 Å². The number of amidine groups is 1. The van der Waals surface area contributed by atoms with E-state index in [0.29, 0.717) is 5.69 Å². The van der Waals surface area contributed by atoms with Gasteiger partial charge in [-0.15, -0.1) is 0 Å². The average Bonchev–Trinajstić information content (AvgIpc) is 3.23. The van der Waals surface area contributed by atoms with Crippen LogP contribution in [-0.2, 0) is 5.54 Å². The van der Waals surface area contributed by atoms with Crippen molar-refractivity contribution in [3.63, 3.8) is 0 Å². The highest BCUT2D eigenvalue weighted by atomic mass is 16.4. The second-order valence-corrected chi connectivity index (χ2v) is 7.14. The molecule has 3 N–H and O–H groups in total. The molecule has 6 heteroatoms. The van der Waals surface area contributed by atoms with Gasteiger partial charge in [-0.3, -0.25) is 4.79 Å². The SMILES string of the molecule is CC1CC1(/C(N)=N/O)n1c(C(=O)N(C)c2ccccc2)cc2ccccc21. The van der Waals surface area contributed by atoms with E-state index < -0.39 is 5.54 Å². The number of nitrogens with zero attached hydrogens (tertiary/aromatic N) is 3. The van der Waals surface area contributed by atoms with Crippen LogP contribution < -0.4 is 10.6 Å². The summed E-state index contributed by atoms with van der Waals surface area (Å²) in [7, 11) is 1.76. The highest BCUT2D eigenvalue weighted by Gasteiger charge is 2.58. The van der Waals surface area contributed by atoms with Gasteiger partial charge in [0.15, 0.2) is 5.84 Å². The monoisotopic (exact) mass is 362 g/mol. The Morgan fingerprint density at radius 2 is 1.85 bits per heavy atom. The highest BCUT2D eigenvalue weighted by molar-refractivity contribution is 6.09. The lowest BCUT2D eigenvalue weighted by molar-refractivity contribution is 0.0983. The number of nitrogens with two attached hydrogens (primary N) is 1. The van der Waals surface area contributed by atoms with E-state index in [9.17, 15) is 10.0 Å². The van der Waals surface area contributed by atoms with Crippen molar-refractivity contribution >= 4 is 28.3 Å². The third kappa shape index (κ3) is 2.48. The number of hydrogen-bond donors (Lipinski definition) is 2. The fourth-order valence-electron chi connectivity index (χ4n) is 3.96. The summed E-state index contributed by atoms with van der Waals surface area (Å²) in [4.78, 5) is 15.0. The molecule has 0 saturated heterocycles. The van der Waals surface area contributed by atoms with Crippen LogP contribution in [0.4, 0.5) is 5.69 Å². The lowest BCUT2D eigenvalue weighted by Crippen LogP contribution is -2.39. The second-order valence-electron chi connectivity index (χ2n) is 7.14. The maximum absolute atomic E-state index is 13.4. The Balaban J connectivity index is 1.91. The Bertz CT molecular complexity index is 1040. The van der Waals surface area contributed by atoms with Crippen LogP contribution in [-0.4, -0.2) is 28.6 Å². The number of carbonyl (C=O) groups excluding carboxylic acids is 1. The number of rotatable bonds is 4. The fraction of sp³-hybridized carbons (Fsp3) is 0.238. The van der Waals surface area contributed by atoms with Crippen LogP contribution in [0, 0.1) is 5.92 Å². The summed E-state index contributed by atoms with van der Waals surface area (Å²) in [6, 6.07) is 19.2. The van der Waals surface area contributed by atoms with Gasteiger partial charge in [-0.2, -0.15) is 0 Å². The van der Waals surface area contributed by atoms with Gasteiger partial charge in [0, 0.05) is 23.6 Å². The van der Waals surface area contributed by atoms with Crippen LogP contribution in [0.2, 0.25) is 0 Å². The van der Waals surface area contributed by atoms with E-state index in [1.54, 1.807) is 11.9 Å². The topological polar surface area (TPSA) is 83.8 Å². The van der Waals surface area contributed by atoms with E-state index in [0.717, 1.165) is 23.0 Å². The number of oxime groups is 1. The molecule has 1 heterocycles. The van der Waals surface area contributed by atoms with Crippen LogP contribution in [0.25, 0.3) is 10.9 Å². The molecule has 4 rings (SSSR count). The maximum Gasteiger partial charge on any atom is 0.274 e. The Morgan fingerprint density at radius 1 is 1.22 bits per heavy atom. The van der Waals surface area contributed by atoms with Crippen molar-refractivity contribution in [2.24, 2.45) is 16.8 Å². The van der Waals surface area contributed by atoms with Crippen LogP contribution in [0.3, 0.4) is 0 Å². The van der Waals surface area contributed by atoms with Crippen molar-refractivity contribution in [3.05, 3.63) is 66.4 Å². The average molecular weight is 362 g/mol. The van der Waals surface area contributed by atoms with Crippen molar-refractivity contribution in [2.75, 3.05) is 11.9 Å². The molecule has 6 nitrogen and oxygen atoms in total. The van der Waals surface area contributed by atoms with Crippen LogP contribution in [0.1, 0.15) is 23.8 Å². The number of hydrogen-bond acceptors (Lipinski definition) is 3. The number of anilines is 1. The van der Waals surface area contributed by atoms with Crippen LogP contribution in [0.15, 0.2) is 65.8 Å². The number of benzene rings is 2. The normalized spacial score (nSPS) is 22.0. The minimum Gasteiger partial charge on any atom is -0.409 e. The third-order valence-electron chi connectivity index (χ3n) is 5.60. The lowest BCUT2D eigenvalue weighted by Gasteiger charge is -2.24. The van der Waals surface area contributed by atoms with Gasteiger partial charge < -0.3 is 20.4 Å². The summed E-state index contributed by atoms with van der Waals surface area (Å²) in [5.41, 5.74) is 7.65. The number of aromatic nitrogens is 1. The fourth-order valence-corrected chi connectivity index (χ4v) is 3.96. The zero-order valence-electron chi connectivity index (χ0n) is 15.3. The number of carbonyl (C=O) groups is 1. The number of fused-ring (bicyclic) bond motifs is 1. The molecule has 2 unspecified atom stereocenters. The zero-order chi connectivity index (χ0) is 19.2. The number of amides is 1. The maximum atomic E-state index is 13.4. The highest BCUT2D eigenvalue weighted by Crippen LogP contribution is 2.52. The molecule has 1 aliphatic rings. The first kappa shape index (κ1) is 17.1. The van der Waals surface area contributed by atoms with E-state index in [1.807, 2.05) is 72.2 Å². The van der Waals surface area contributed by atoms with Crippen molar-refractivity contribution in [1.29, 1.82) is 0 Å². The van der Waals surface area contributed by atoms with E-state index in [1.165, 1.54) is 0 Å². The molecular formula is C21H22N4O2. The third-order valence-corrected chi connectivity index (χ3v) is 5.60. The molecule has 3 aromatic rings. The Morgan fingerprint density at radius 3 is 2.48 bits per heavy atom. The van der Waals surface area contributed by atoms with Gasteiger partial charge >= 0.3 is 0 Å². The van der Waals surface area contributed by atoms with Crippen LogP contribution >= 0.6 is 0 Å². The predicted molar refractivity (Wildman–Crippen MR) is 106 cm³/mol. The Hall–Kier alpha value is -3.28. The summed E-state index contributed by atoms with van der Waals surface area (Å²) in [6.45, 7) is 2.04. The molecule has 1 aromatic heterocycles. The van der Waals surface area contributed by atoms with E-state index in [-0.39, 0.29) is 17.7 Å². The zero-order valence-corrected chi connectivity index (χ0v) is 15.3. The van der Waals surface area contributed by atoms with Crippen molar-refractivity contribution in [3.8, 4) is 0 Å². The van der Waals surface area contributed by atoms with Crippen molar-refractivity contribution in [1.82, 2.24) is 4.57 Å². The van der Waals surface area contributed by atoms with Gasteiger partial charge in [-0.05, 0) is 36.6 Å². The molecule has 0 radical (unpaired) electrons. The van der Waals surface area contributed by atoms with Crippen molar-refractivity contribution < 1.29 is 10.0 Å². The summed E-state index contributed by atoms with van der Waals surface area (Å²) < 4.78 is 1.95. The van der Waals surface area contributed by atoms with Gasteiger partial charge in [0.2, 0.25) is 0 Å². The molecule has 27 heavy (non-hydrogen) atoms. The Kier molecular flexibility index (Phi) is 3.91. The van der Waals surface area contributed by atoms with Gasteiger partial charge in [-0.25, -0.2) is 0 Å². The largest absolute Gasteiger partial charge is 0.409 e. The molecule has 0 aliphatic heterocycles. The smallest absolute Gasteiger partial charge is 0.274 e. The first-order chi connectivity index (χ1) is 13.0. The van der Waals surface area contributed by atoms with Gasteiger partial charge in [-0.1, -0.05) is 48.5 Å². The summed E-state index contributed by atoms with van der Waals surface area (Å²) >= 11 is 0. The van der Waals surface area contributed by atoms with Gasteiger partial charge in [0.25, 0.3) is 5.91 Å². The van der Waals surface area contributed by atoms with Crippen LogP contribution in [0.5, 0.6) is 0 Å². The minimum atomic E-state index is -0.680. The minimum absolute atomic E-state index is 0.132. The molecule has 1 aliphatic carbocycles. The first-order valence-electron chi connectivity index (χ1n) is 8.92. The standard InChI is InChI=1S/C21H22N4O2/c1-14-13-21(14,20(22)23-27)25-17-11-7-6-8-15(17)12-18(25)19(26)24(2)16-9-4-3-5-10-16/h3-12,14,27H,13H2,1-2H3,(H2,22,23). The van der Waals surface area contributed by atoms with E-state index in [4.69, 9.17) is 5.73 Å². The first-order valence-corrected chi connectivity index (χ1v) is 8.92. The number of para-hydroxylation sites is 2. The van der Waals surface area contributed by atoms with E-state index in [2.05, 4.69) is 5.16 Å². The second kappa shape index (κ2) is 6.16. The molecular weight excluding hydrogens is 340 g/mol. The molecule has 2 atom stereocenters. The quantitative estimate of drug-likeness (QED) is 0.323. The van der Waals surface area contributed by atoms with Crippen molar-refractivity contribution in [2.45, 2.75) is 18.9 Å². The lowest BCUT2D eigenvalue weighted by atomic mass is 10.1. The molecule has 1 saturated carbocycles. The summed E-state index contributed by atoms with van der Waals surface area (Å²) in [5.74, 6) is 0.159. The molecule has 138 valence electrons. The van der Waals surface area contributed by atoms with Gasteiger partial charge in [0.05, 0.1) is 0 Å². The summed E-state index contributed by atoms with van der Waals surface area (Å²) in [5, 5.41) is 13.6. The summed E-state index contributed by atoms with van der Waals surface area (Å²) in [6.07, 6.45) is 0.719. The molecule has 1 amide bonds. The molecule has 0 bridgehead atoms. The Labute approximate surface area is 157 Å². The molecule has 0 spiro atoms. The predicted octanol–water partition coefficient (Wildman–Crippen LogP) is 3.40.